The molecular weight excluding hydrogens is 283 g/mol. The minimum absolute atomic E-state index is 0.0295. The van der Waals surface area contributed by atoms with Gasteiger partial charge in [0.2, 0.25) is 5.91 Å². The molecule has 0 saturated carbocycles. The third-order valence-corrected chi connectivity index (χ3v) is 3.71. The van der Waals surface area contributed by atoms with E-state index in [-0.39, 0.29) is 18.3 Å². The van der Waals surface area contributed by atoms with Crippen LogP contribution in [0.4, 0.5) is 10.1 Å². The van der Waals surface area contributed by atoms with Crippen molar-refractivity contribution in [3.05, 3.63) is 58.9 Å². The standard InChI is InChI=1S/C17H17FN2O2/c18-15-4-1-11(9-19)7-13(15)10-22-14-3-5-16-12(8-14)2-6-17(21)20-16/h1,3-5,7-8H,2,6,9-10,19H2,(H,20,21). The highest BCUT2D eigenvalue weighted by atomic mass is 19.1. The number of carbonyl (C=O) groups is 1. The van der Waals surface area contributed by atoms with Crippen LogP contribution >= 0.6 is 0 Å². The summed E-state index contributed by atoms with van der Waals surface area (Å²) in [6, 6.07) is 10.3. The smallest absolute Gasteiger partial charge is 0.224 e. The molecule has 3 N–H and O–H groups in total. The second-order valence-electron chi connectivity index (χ2n) is 5.29. The normalized spacial score (nSPS) is 13.5. The SMILES string of the molecule is NCc1ccc(F)c(COc2ccc3c(c2)CCC(=O)N3)c1. The number of amides is 1. The van der Waals surface area contributed by atoms with Gasteiger partial charge in [-0.05, 0) is 47.9 Å². The maximum absolute atomic E-state index is 13.8. The molecule has 0 saturated heterocycles. The van der Waals surface area contributed by atoms with Gasteiger partial charge in [-0.2, -0.15) is 0 Å². The number of hydrogen-bond acceptors (Lipinski definition) is 3. The van der Waals surface area contributed by atoms with E-state index in [9.17, 15) is 9.18 Å². The zero-order valence-corrected chi connectivity index (χ0v) is 12.1. The number of nitrogens with two attached hydrogens (primary N) is 1. The Labute approximate surface area is 128 Å². The van der Waals surface area contributed by atoms with Gasteiger partial charge in [0.1, 0.15) is 18.2 Å². The van der Waals surface area contributed by atoms with E-state index in [1.165, 1.54) is 6.07 Å². The van der Waals surface area contributed by atoms with Crippen molar-refractivity contribution in [1.82, 2.24) is 0 Å². The van der Waals surface area contributed by atoms with Crippen LogP contribution in [-0.2, 0) is 24.4 Å². The van der Waals surface area contributed by atoms with E-state index in [1.54, 1.807) is 18.2 Å². The number of anilines is 1. The van der Waals surface area contributed by atoms with Gasteiger partial charge >= 0.3 is 0 Å². The van der Waals surface area contributed by atoms with Gasteiger partial charge in [0.25, 0.3) is 0 Å². The van der Waals surface area contributed by atoms with Gasteiger partial charge in [-0.25, -0.2) is 4.39 Å². The molecule has 0 radical (unpaired) electrons. The van der Waals surface area contributed by atoms with E-state index in [4.69, 9.17) is 10.5 Å². The Morgan fingerprint density at radius 3 is 2.86 bits per heavy atom. The summed E-state index contributed by atoms with van der Waals surface area (Å²) in [4.78, 5) is 11.3. The van der Waals surface area contributed by atoms with Gasteiger partial charge < -0.3 is 15.8 Å². The largest absolute Gasteiger partial charge is 0.489 e. The Bertz CT molecular complexity index is 716. The summed E-state index contributed by atoms with van der Waals surface area (Å²) in [5, 5.41) is 2.82. The van der Waals surface area contributed by atoms with Gasteiger partial charge in [-0.3, -0.25) is 4.79 Å². The molecule has 114 valence electrons. The molecule has 1 aliphatic heterocycles. The molecule has 1 heterocycles. The molecule has 0 unspecified atom stereocenters. The molecule has 1 amide bonds. The van der Waals surface area contributed by atoms with Gasteiger partial charge in [0, 0.05) is 24.2 Å². The third-order valence-electron chi connectivity index (χ3n) is 3.71. The van der Waals surface area contributed by atoms with Crippen LogP contribution in [0.25, 0.3) is 0 Å². The van der Waals surface area contributed by atoms with Gasteiger partial charge in [-0.1, -0.05) is 6.07 Å². The second kappa shape index (κ2) is 6.15. The molecule has 4 nitrogen and oxygen atoms in total. The minimum atomic E-state index is -0.303. The lowest BCUT2D eigenvalue weighted by molar-refractivity contribution is -0.116. The van der Waals surface area contributed by atoms with E-state index in [1.807, 2.05) is 12.1 Å². The van der Waals surface area contributed by atoms with E-state index in [2.05, 4.69) is 5.32 Å². The Morgan fingerprint density at radius 2 is 2.05 bits per heavy atom. The molecule has 0 atom stereocenters. The maximum Gasteiger partial charge on any atom is 0.224 e. The zero-order chi connectivity index (χ0) is 15.5. The molecule has 0 aromatic heterocycles. The summed E-state index contributed by atoms with van der Waals surface area (Å²) < 4.78 is 19.4. The first-order valence-electron chi connectivity index (χ1n) is 7.18. The summed E-state index contributed by atoms with van der Waals surface area (Å²) in [5.74, 6) is 0.386. The highest BCUT2D eigenvalue weighted by Crippen LogP contribution is 2.27. The number of rotatable bonds is 4. The number of ether oxygens (including phenoxy) is 1. The highest BCUT2D eigenvalue weighted by Gasteiger charge is 2.15. The van der Waals surface area contributed by atoms with E-state index < -0.39 is 0 Å². The van der Waals surface area contributed by atoms with Gasteiger partial charge in [0.05, 0.1) is 0 Å². The second-order valence-corrected chi connectivity index (χ2v) is 5.29. The monoisotopic (exact) mass is 300 g/mol. The van der Waals surface area contributed by atoms with Gasteiger partial charge in [0.15, 0.2) is 0 Å². The number of aryl methyl sites for hydroxylation is 1. The first kappa shape index (κ1) is 14.5. The van der Waals surface area contributed by atoms with E-state index in [0.29, 0.717) is 30.7 Å². The van der Waals surface area contributed by atoms with Crippen LogP contribution in [0.2, 0.25) is 0 Å². The van der Waals surface area contributed by atoms with Crippen LogP contribution in [0.5, 0.6) is 5.75 Å². The van der Waals surface area contributed by atoms with E-state index in [0.717, 1.165) is 16.8 Å². The molecule has 0 aliphatic carbocycles. The molecule has 2 aromatic rings. The van der Waals surface area contributed by atoms with Crippen molar-refractivity contribution < 1.29 is 13.9 Å². The lowest BCUT2D eigenvalue weighted by atomic mass is 10.0. The van der Waals surface area contributed by atoms with Crippen LogP contribution in [0, 0.1) is 5.82 Å². The average Bonchev–Trinajstić information content (AvgIpc) is 2.54. The van der Waals surface area contributed by atoms with Crippen LogP contribution < -0.4 is 15.8 Å². The zero-order valence-electron chi connectivity index (χ0n) is 12.1. The Kier molecular flexibility index (Phi) is 4.06. The Hall–Kier alpha value is -2.40. The number of carbonyl (C=O) groups excluding carboxylic acids is 1. The predicted octanol–water partition coefficient (Wildman–Crippen LogP) is 2.75. The summed E-state index contributed by atoms with van der Waals surface area (Å²) >= 11 is 0. The maximum atomic E-state index is 13.8. The summed E-state index contributed by atoms with van der Waals surface area (Å²) in [7, 11) is 0. The Morgan fingerprint density at radius 1 is 1.18 bits per heavy atom. The molecule has 1 aliphatic rings. The predicted molar refractivity (Wildman–Crippen MR) is 82.0 cm³/mol. The van der Waals surface area contributed by atoms with E-state index >= 15 is 0 Å². The molecule has 2 aromatic carbocycles. The number of hydrogen-bond donors (Lipinski definition) is 2. The van der Waals surface area contributed by atoms with Crippen molar-refractivity contribution >= 4 is 11.6 Å². The fraction of sp³-hybridized carbons (Fsp3) is 0.235. The quantitative estimate of drug-likeness (QED) is 0.912. The lowest BCUT2D eigenvalue weighted by Crippen LogP contribution is -2.18. The van der Waals surface area contributed by atoms with Crippen LogP contribution in [-0.4, -0.2) is 5.91 Å². The number of halogens is 1. The molecule has 3 rings (SSSR count). The molecule has 0 spiro atoms. The van der Waals surface area contributed by atoms with Crippen molar-refractivity contribution in [2.24, 2.45) is 5.73 Å². The van der Waals surface area contributed by atoms with Crippen molar-refractivity contribution in [2.45, 2.75) is 26.0 Å². The number of nitrogens with one attached hydrogen (secondary N) is 1. The van der Waals surface area contributed by atoms with Crippen LogP contribution in [0.3, 0.4) is 0 Å². The van der Waals surface area contributed by atoms with Crippen molar-refractivity contribution in [3.63, 3.8) is 0 Å². The first-order valence-corrected chi connectivity index (χ1v) is 7.18. The summed E-state index contributed by atoms with van der Waals surface area (Å²) in [6.07, 6.45) is 1.17. The summed E-state index contributed by atoms with van der Waals surface area (Å²) in [6.45, 7) is 0.511. The number of benzene rings is 2. The topological polar surface area (TPSA) is 64.3 Å². The highest BCUT2D eigenvalue weighted by molar-refractivity contribution is 5.93. The van der Waals surface area contributed by atoms with Crippen molar-refractivity contribution in [2.75, 3.05) is 5.32 Å². The lowest BCUT2D eigenvalue weighted by Gasteiger charge is -2.17. The van der Waals surface area contributed by atoms with Crippen LogP contribution in [0.1, 0.15) is 23.1 Å². The first-order chi connectivity index (χ1) is 10.7. The molecular formula is C17H17FN2O2. The fourth-order valence-electron chi connectivity index (χ4n) is 2.48. The van der Waals surface area contributed by atoms with Gasteiger partial charge in [-0.15, -0.1) is 0 Å². The van der Waals surface area contributed by atoms with Crippen molar-refractivity contribution in [1.29, 1.82) is 0 Å². The fourth-order valence-corrected chi connectivity index (χ4v) is 2.48. The Balaban J connectivity index is 1.73. The molecule has 22 heavy (non-hydrogen) atoms. The van der Waals surface area contributed by atoms with Crippen molar-refractivity contribution in [3.8, 4) is 5.75 Å². The average molecular weight is 300 g/mol. The van der Waals surface area contributed by atoms with Crippen LogP contribution in [0.15, 0.2) is 36.4 Å². The molecule has 0 fully saturated rings. The molecule has 5 heteroatoms. The third kappa shape index (κ3) is 3.09. The summed E-state index contributed by atoms with van der Waals surface area (Å²) in [5.41, 5.74) is 8.77. The number of fused-ring (bicyclic) bond motifs is 1. The minimum Gasteiger partial charge on any atom is -0.489 e. The molecule has 0 bridgehead atoms.